The summed E-state index contributed by atoms with van der Waals surface area (Å²) < 4.78 is 16.8. The van der Waals surface area contributed by atoms with Crippen molar-refractivity contribution in [3.63, 3.8) is 0 Å². The number of carbonyl (C=O) groups is 3. The van der Waals surface area contributed by atoms with Crippen LogP contribution in [0.1, 0.15) is 135 Å². The van der Waals surface area contributed by atoms with Crippen LogP contribution in [0.25, 0.3) is 0 Å². The lowest BCUT2D eigenvalue weighted by Crippen LogP contribution is -2.42. The summed E-state index contributed by atoms with van der Waals surface area (Å²) in [6, 6.07) is 5.29. The Kier molecular flexibility index (Phi) is 19.4. The Balaban J connectivity index is 1.52. The number of imide groups is 1. The number of methoxy groups -OCH3 is 1. The number of unbranched alkanes of at least 4 members (excludes halogenated alkanes) is 15. The van der Waals surface area contributed by atoms with Gasteiger partial charge in [-0.15, -0.1) is 0 Å². The Morgan fingerprint density at radius 2 is 1.35 bits per heavy atom. The maximum atomic E-state index is 12.8. The molecule has 1 heterocycles. The monoisotopic (exact) mass is 603 g/mol. The summed E-state index contributed by atoms with van der Waals surface area (Å²) >= 11 is 0. The van der Waals surface area contributed by atoms with Gasteiger partial charge in [-0.3, -0.25) is 9.78 Å². The molecule has 0 unspecified atom stereocenters. The zero-order valence-corrected chi connectivity index (χ0v) is 27.0. The van der Waals surface area contributed by atoms with Gasteiger partial charge >= 0.3 is 12.2 Å². The Morgan fingerprint density at radius 3 is 1.84 bits per heavy atom. The van der Waals surface area contributed by atoms with E-state index in [0.717, 1.165) is 17.7 Å². The predicted octanol–water partition coefficient (Wildman–Crippen LogP) is 8.10. The number of rotatable bonds is 22. The zero-order valence-electron chi connectivity index (χ0n) is 27.0. The van der Waals surface area contributed by atoms with E-state index in [1.54, 1.807) is 24.4 Å². The second-order valence-corrected chi connectivity index (χ2v) is 11.8. The van der Waals surface area contributed by atoms with Crippen molar-refractivity contribution in [2.75, 3.05) is 13.7 Å². The van der Waals surface area contributed by atoms with E-state index in [0.29, 0.717) is 25.1 Å². The minimum absolute atomic E-state index is 0.0149. The van der Waals surface area contributed by atoms with Gasteiger partial charge in [-0.05, 0) is 31.4 Å². The summed E-state index contributed by atoms with van der Waals surface area (Å²) in [4.78, 5) is 42.5. The van der Waals surface area contributed by atoms with E-state index in [1.165, 1.54) is 104 Å². The number of amides is 3. The molecule has 1 saturated carbocycles. The largest absolute Gasteiger partial charge is 0.443 e. The lowest BCUT2D eigenvalue weighted by Gasteiger charge is -2.26. The van der Waals surface area contributed by atoms with Crippen LogP contribution in [0.15, 0.2) is 24.4 Å². The van der Waals surface area contributed by atoms with Gasteiger partial charge in [-0.25, -0.2) is 14.5 Å². The first-order chi connectivity index (χ1) is 21.0. The van der Waals surface area contributed by atoms with Gasteiger partial charge in [0.25, 0.3) is 0 Å². The molecule has 0 spiro atoms. The van der Waals surface area contributed by atoms with Crippen LogP contribution in [0.3, 0.4) is 0 Å². The Morgan fingerprint density at radius 1 is 0.814 bits per heavy atom. The molecule has 0 aliphatic heterocycles. The van der Waals surface area contributed by atoms with E-state index in [9.17, 15) is 14.4 Å². The molecular weight excluding hydrogens is 546 g/mol. The molecule has 1 aromatic rings. The molecule has 1 aliphatic carbocycles. The SMILES string of the molecule is CCCCCCCCCCCCCCCCCCNC(=O)O[C@@H]1CC[C@@H](OC(=O)N(Cc2ccccn2)C(C)=O)[C@H]1OC. The van der Waals surface area contributed by atoms with Gasteiger partial charge < -0.3 is 19.5 Å². The number of ether oxygens (including phenoxy) is 3. The standard InChI is InChI=1S/C34H57N3O6/c1-4-5-6-7-8-9-10-11-12-13-14-15-16-17-18-20-26-36-33(39)42-30-23-24-31(32(30)41-3)43-34(40)37(28(2)38)27-29-22-19-21-25-35-29/h19,21-22,25,30-32H,4-18,20,23-24,26-27H2,1-3H3,(H,36,39)/t30-,31-,32+/m1/s1. The number of alkyl carbamates (subject to hydrolysis) is 1. The summed E-state index contributed by atoms with van der Waals surface area (Å²) in [7, 11) is 1.50. The lowest BCUT2D eigenvalue weighted by atomic mass is 10.0. The fourth-order valence-corrected chi connectivity index (χ4v) is 5.65. The van der Waals surface area contributed by atoms with Crippen LogP contribution in [-0.2, 0) is 25.5 Å². The van der Waals surface area contributed by atoms with Gasteiger partial charge in [0, 0.05) is 26.8 Å². The van der Waals surface area contributed by atoms with Gasteiger partial charge in [0.2, 0.25) is 5.91 Å². The van der Waals surface area contributed by atoms with Crippen LogP contribution in [0.2, 0.25) is 0 Å². The van der Waals surface area contributed by atoms with Crippen LogP contribution >= 0.6 is 0 Å². The minimum Gasteiger partial charge on any atom is -0.443 e. The van der Waals surface area contributed by atoms with Gasteiger partial charge in [0.1, 0.15) is 18.3 Å². The minimum atomic E-state index is -0.765. The molecule has 9 heteroatoms. The molecule has 0 saturated heterocycles. The van der Waals surface area contributed by atoms with E-state index in [4.69, 9.17) is 14.2 Å². The predicted molar refractivity (Wildman–Crippen MR) is 169 cm³/mol. The molecule has 1 fully saturated rings. The highest BCUT2D eigenvalue weighted by molar-refractivity contribution is 5.90. The summed E-state index contributed by atoms with van der Waals surface area (Å²) in [6.07, 6.45) is 20.5. The van der Waals surface area contributed by atoms with E-state index < -0.39 is 36.4 Å². The zero-order chi connectivity index (χ0) is 31.1. The molecule has 3 amide bonds. The normalized spacial score (nSPS) is 17.9. The summed E-state index contributed by atoms with van der Waals surface area (Å²) in [5.41, 5.74) is 0.576. The van der Waals surface area contributed by atoms with Crippen molar-refractivity contribution in [1.82, 2.24) is 15.2 Å². The van der Waals surface area contributed by atoms with Gasteiger partial charge in [-0.1, -0.05) is 109 Å². The Bertz CT molecular complexity index is 899. The fourth-order valence-electron chi connectivity index (χ4n) is 5.65. The molecule has 1 aromatic heterocycles. The van der Waals surface area contributed by atoms with Crippen LogP contribution < -0.4 is 5.32 Å². The van der Waals surface area contributed by atoms with Crippen LogP contribution in [0, 0.1) is 0 Å². The third-order valence-electron chi connectivity index (χ3n) is 8.20. The van der Waals surface area contributed by atoms with Crippen molar-refractivity contribution < 1.29 is 28.6 Å². The number of pyridine rings is 1. The highest BCUT2D eigenvalue weighted by Gasteiger charge is 2.42. The van der Waals surface area contributed by atoms with Crippen molar-refractivity contribution in [3.8, 4) is 0 Å². The van der Waals surface area contributed by atoms with Crippen molar-refractivity contribution in [3.05, 3.63) is 30.1 Å². The molecule has 1 N–H and O–H groups in total. The Hall–Kier alpha value is -2.68. The van der Waals surface area contributed by atoms with E-state index in [-0.39, 0.29) is 6.54 Å². The number of nitrogens with one attached hydrogen (secondary N) is 1. The summed E-state index contributed by atoms with van der Waals surface area (Å²) in [5, 5.41) is 2.84. The molecule has 3 atom stereocenters. The number of nitrogens with zero attached hydrogens (tertiary/aromatic N) is 2. The number of hydrogen-bond acceptors (Lipinski definition) is 7. The highest BCUT2D eigenvalue weighted by Crippen LogP contribution is 2.28. The molecule has 43 heavy (non-hydrogen) atoms. The maximum absolute atomic E-state index is 12.8. The maximum Gasteiger partial charge on any atom is 0.417 e. The lowest BCUT2D eigenvalue weighted by molar-refractivity contribution is -0.129. The summed E-state index contributed by atoms with van der Waals surface area (Å²) in [6.45, 7) is 4.16. The second kappa shape index (κ2) is 22.8. The molecule has 244 valence electrons. The topological polar surface area (TPSA) is 107 Å². The first kappa shape index (κ1) is 36.5. The van der Waals surface area contributed by atoms with Crippen molar-refractivity contribution in [1.29, 1.82) is 0 Å². The molecule has 0 radical (unpaired) electrons. The van der Waals surface area contributed by atoms with Gasteiger partial charge in [0.05, 0.1) is 12.2 Å². The van der Waals surface area contributed by atoms with Gasteiger partial charge in [0.15, 0.2) is 0 Å². The third-order valence-corrected chi connectivity index (χ3v) is 8.20. The quantitative estimate of drug-likeness (QED) is 0.133. The number of aromatic nitrogens is 1. The average Bonchev–Trinajstić information content (AvgIpc) is 3.38. The fraction of sp³-hybridized carbons (Fsp3) is 0.765. The van der Waals surface area contributed by atoms with Crippen molar-refractivity contribution in [2.24, 2.45) is 0 Å². The number of carbonyl (C=O) groups excluding carboxylic acids is 3. The molecule has 0 aromatic carbocycles. The van der Waals surface area contributed by atoms with E-state index >= 15 is 0 Å². The highest BCUT2D eigenvalue weighted by atomic mass is 16.6. The second-order valence-electron chi connectivity index (χ2n) is 11.8. The molecule has 0 bridgehead atoms. The molecule has 2 rings (SSSR count). The van der Waals surface area contributed by atoms with E-state index in [1.807, 2.05) is 0 Å². The molecular formula is C34H57N3O6. The Labute approximate surface area is 259 Å². The third kappa shape index (κ3) is 15.6. The molecule has 9 nitrogen and oxygen atoms in total. The first-order valence-corrected chi connectivity index (χ1v) is 16.8. The van der Waals surface area contributed by atoms with E-state index in [2.05, 4.69) is 17.2 Å². The number of hydrogen-bond donors (Lipinski definition) is 1. The van der Waals surface area contributed by atoms with Gasteiger partial charge in [-0.2, -0.15) is 0 Å². The van der Waals surface area contributed by atoms with Crippen LogP contribution in [-0.4, -0.2) is 59.9 Å². The van der Waals surface area contributed by atoms with Crippen molar-refractivity contribution >= 4 is 18.1 Å². The van der Waals surface area contributed by atoms with Crippen LogP contribution in [0.4, 0.5) is 9.59 Å². The smallest absolute Gasteiger partial charge is 0.417 e. The van der Waals surface area contributed by atoms with Crippen molar-refractivity contribution in [2.45, 2.75) is 154 Å². The summed E-state index contributed by atoms with van der Waals surface area (Å²) in [5.74, 6) is -0.441. The first-order valence-electron chi connectivity index (χ1n) is 16.8. The molecule has 1 aliphatic rings. The van der Waals surface area contributed by atoms with Crippen LogP contribution in [0.5, 0.6) is 0 Å². The average molecular weight is 604 g/mol.